The summed E-state index contributed by atoms with van der Waals surface area (Å²) >= 11 is 0. The van der Waals surface area contributed by atoms with Crippen LogP contribution in [0.1, 0.15) is 81.1 Å². The molecule has 0 saturated heterocycles. The fourth-order valence-electron chi connectivity index (χ4n) is 8.45. The van der Waals surface area contributed by atoms with Crippen LogP contribution in [0, 0.1) is 0 Å². The van der Waals surface area contributed by atoms with E-state index in [1.165, 1.54) is 31.4 Å². The Bertz CT molecular complexity index is 2580. The van der Waals surface area contributed by atoms with Gasteiger partial charge in [0.05, 0.1) is 7.11 Å². The molecule has 0 bridgehead atoms. The molecule has 7 rings (SSSR count). The summed E-state index contributed by atoms with van der Waals surface area (Å²) in [5, 5.41) is 2.51. The van der Waals surface area contributed by atoms with Gasteiger partial charge in [-0.3, -0.25) is 9.69 Å². The Morgan fingerprint density at radius 3 is 1.75 bits per heavy atom. The molecule has 0 aromatic heterocycles. The maximum atomic E-state index is 14.8. The van der Waals surface area contributed by atoms with Gasteiger partial charge >= 0.3 is 22.5 Å². The Hall–Kier alpha value is -6.74. The van der Waals surface area contributed by atoms with Gasteiger partial charge in [0.25, 0.3) is 5.91 Å². The lowest BCUT2D eigenvalue weighted by atomic mass is 9.74. The standard InChI is InChI=1S/C49H54N4O10S/c1-9-51(10-2)34-21-27-40-43(30-34)60-44-31-35(52(11-3)12-4)22-28-41(44)49(40)39-16-14-13-15-38(39)45(54)53(49)33-19-25-37(26-20-33)63-64(57,58)62-36-23-17-32(18-24-36)29-42(46(55)59-8)50-47(56)61-48(5,6)7/h13-28,30-31,42H,9-12,29H2,1-8H3,(H,50,56)/t42-/m0/s1. The number of hydrogen-bond donors (Lipinski definition) is 1. The number of amides is 2. The summed E-state index contributed by atoms with van der Waals surface area (Å²) in [5.74, 6) is 0.232. The van der Waals surface area contributed by atoms with Crippen LogP contribution in [0.25, 0.3) is 0 Å². The number of rotatable bonds is 15. The van der Waals surface area contributed by atoms with Gasteiger partial charge < -0.3 is 37.7 Å². The van der Waals surface area contributed by atoms with Crippen molar-refractivity contribution < 1.29 is 45.4 Å². The molecule has 336 valence electrons. The maximum Gasteiger partial charge on any atom is 0.500 e. The number of anilines is 3. The third-order valence-electron chi connectivity index (χ3n) is 11.3. The topological polar surface area (TPSA) is 153 Å². The maximum absolute atomic E-state index is 14.8. The summed E-state index contributed by atoms with van der Waals surface area (Å²) in [6.45, 7) is 16.7. The van der Waals surface area contributed by atoms with E-state index in [2.05, 4.69) is 54.9 Å². The second-order valence-corrected chi connectivity index (χ2v) is 17.5. The van der Waals surface area contributed by atoms with Crippen molar-refractivity contribution in [2.75, 3.05) is 48.0 Å². The van der Waals surface area contributed by atoms with Crippen LogP contribution in [0.2, 0.25) is 0 Å². The largest absolute Gasteiger partial charge is 0.500 e. The van der Waals surface area contributed by atoms with E-state index >= 15 is 0 Å². The average molecular weight is 891 g/mol. The predicted octanol–water partition coefficient (Wildman–Crippen LogP) is 8.75. The number of esters is 1. The van der Waals surface area contributed by atoms with Crippen molar-refractivity contribution in [3.63, 3.8) is 0 Å². The van der Waals surface area contributed by atoms with Crippen molar-refractivity contribution in [3.8, 4) is 23.0 Å². The summed E-state index contributed by atoms with van der Waals surface area (Å²) in [7, 11) is -3.45. The van der Waals surface area contributed by atoms with Gasteiger partial charge in [0.15, 0.2) is 0 Å². The Kier molecular flexibility index (Phi) is 12.9. The van der Waals surface area contributed by atoms with Crippen LogP contribution in [-0.2, 0) is 36.6 Å². The van der Waals surface area contributed by atoms with Crippen LogP contribution < -0.4 is 33.1 Å². The van der Waals surface area contributed by atoms with Crippen molar-refractivity contribution in [1.29, 1.82) is 0 Å². The molecule has 1 N–H and O–H groups in total. The van der Waals surface area contributed by atoms with E-state index in [1.807, 2.05) is 48.5 Å². The zero-order valence-corrected chi connectivity index (χ0v) is 38.2. The van der Waals surface area contributed by atoms with E-state index in [0.29, 0.717) is 28.3 Å². The Morgan fingerprint density at radius 2 is 1.25 bits per heavy atom. The number of nitrogens with zero attached hydrogens (tertiary/aromatic N) is 3. The lowest BCUT2D eigenvalue weighted by Crippen LogP contribution is -2.47. The molecular weight excluding hydrogens is 837 g/mol. The molecule has 0 aliphatic carbocycles. The first-order valence-corrected chi connectivity index (χ1v) is 22.7. The van der Waals surface area contributed by atoms with Gasteiger partial charge in [-0.1, -0.05) is 42.5 Å². The number of nitrogens with one attached hydrogen (secondary N) is 1. The van der Waals surface area contributed by atoms with Crippen molar-refractivity contribution in [1.82, 2.24) is 5.32 Å². The number of carbonyl (C=O) groups excluding carboxylic acids is 3. The first-order chi connectivity index (χ1) is 30.5. The fourth-order valence-corrected chi connectivity index (χ4v) is 9.18. The first kappa shape index (κ1) is 45.3. The molecule has 1 atom stereocenters. The second kappa shape index (κ2) is 18.2. The Balaban J connectivity index is 1.19. The molecule has 2 aliphatic rings. The highest BCUT2D eigenvalue weighted by atomic mass is 32.3. The zero-order chi connectivity index (χ0) is 46.0. The molecule has 0 fully saturated rings. The quantitative estimate of drug-likeness (QED) is 0.100. The van der Waals surface area contributed by atoms with Gasteiger partial charge in [-0.25, -0.2) is 9.59 Å². The molecule has 2 aliphatic heterocycles. The Morgan fingerprint density at radius 1 is 0.734 bits per heavy atom. The molecule has 15 heteroatoms. The molecule has 1 spiro atoms. The van der Waals surface area contributed by atoms with Gasteiger partial charge in [-0.2, -0.15) is 0 Å². The molecule has 14 nitrogen and oxygen atoms in total. The minimum Gasteiger partial charge on any atom is -0.467 e. The van der Waals surface area contributed by atoms with Crippen molar-refractivity contribution in [3.05, 3.63) is 137 Å². The van der Waals surface area contributed by atoms with E-state index in [4.69, 9.17) is 22.6 Å². The molecule has 64 heavy (non-hydrogen) atoms. The number of benzene rings is 5. The highest BCUT2D eigenvalue weighted by Gasteiger charge is 2.57. The average Bonchev–Trinajstić information content (AvgIpc) is 3.52. The van der Waals surface area contributed by atoms with E-state index in [0.717, 1.165) is 54.2 Å². The molecule has 2 amide bonds. The van der Waals surface area contributed by atoms with E-state index in [-0.39, 0.29) is 23.8 Å². The first-order valence-electron chi connectivity index (χ1n) is 21.4. The monoisotopic (exact) mass is 890 g/mol. The van der Waals surface area contributed by atoms with Gasteiger partial charge in [-0.15, -0.1) is 8.42 Å². The molecule has 0 unspecified atom stereocenters. The molecular formula is C49H54N4O10S. The van der Waals surface area contributed by atoms with Gasteiger partial charge in [-0.05, 0) is 109 Å². The summed E-state index contributed by atoms with van der Waals surface area (Å²) < 4.78 is 54.1. The lowest BCUT2D eigenvalue weighted by molar-refractivity contribution is -0.143. The minimum atomic E-state index is -4.65. The van der Waals surface area contributed by atoms with Crippen LogP contribution in [0.3, 0.4) is 0 Å². The van der Waals surface area contributed by atoms with Gasteiger partial charge in [0.2, 0.25) is 0 Å². The SMILES string of the molecule is CCN(CC)c1ccc2c(c1)Oc1cc(N(CC)CC)ccc1C21c2ccccc2C(=O)N1c1ccc(OS(=O)(=O)Oc2ccc(C[C@H](NC(=O)OC(C)(C)C)C(=O)OC)cc2)cc1. The van der Waals surface area contributed by atoms with Gasteiger partial charge in [0.1, 0.15) is 40.2 Å². The number of carbonyl (C=O) groups is 3. The summed E-state index contributed by atoms with van der Waals surface area (Å²) in [5.41, 5.74) is 4.01. The van der Waals surface area contributed by atoms with E-state index < -0.39 is 39.6 Å². The van der Waals surface area contributed by atoms with Crippen molar-refractivity contribution in [2.45, 2.75) is 72.1 Å². The summed E-state index contributed by atoms with van der Waals surface area (Å²) in [6.07, 6.45) is -0.754. The highest BCUT2D eigenvalue weighted by molar-refractivity contribution is 7.82. The van der Waals surface area contributed by atoms with Crippen molar-refractivity contribution >= 4 is 45.4 Å². The molecule has 0 saturated carbocycles. The fraction of sp³-hybridized carbons (Fsp3) is 0.327. The summed E-state index contributed by atoms with van der Waals surface area (Å²) in [4.78, 5) is 45.9. The Labute approximate surface area is 375 Å². The number of methoxy groups -OCH3 is 1. The van der Waals surface area contributed by atoms with E-state index in [9.17, 15) is 22.8 Å². The third-order valence-corrected chi connectivity index (χ3v) is 12.1. The van der Waals surface area contributed by atoms with E-state index in [1.54, 1.807) is 49.9 Å². The minimum absolute atomic E-state index is 0.0343. The van der Waals surface area contributed by atoms with Crippen LogP contribution in [0.4, 0.5) is 21.9 Å². The molecule has 0 radical (unpaired) electrons. The van der Waals surface area contributed by atoms with Crippen molar-refractivity contribution in [2.24, 2.45) is 0 Å². The number of hydrogen-bond acceptors (Lipinski definition) is 12. The third kappa shape index (κ3) is 8.89. The normalized spacial score (nSPS) is 14.1. The second-order valence-electron chi connectivity index (χ2n) is 16.3. The number of ether oxygens (including phenoxy) is 3. The van der Waals surface area contributed by atoms with Gasteiger partial charge in [0, 0.05) is 84.0 Å². The molecule has 5 aromatic rings. The highest BCUT2D eigenvalue weighted by Crippen LogP contribution is 2.59. The molecule has 5 aromatic carbocycles. The predicted molar refractivity (Wildman–Crippen MR) is 245 cm³/mol. The van der Waals surface area contributed by atoms with Crippen LogP contribution >= 0.6 is 0 Å². The lowest BCUT2D eigenvalue weighted by Gasteiger charge is -2.44. The molecule has 2 heterocycles. The van der Waals surface area contributed by atoms with Crippen LogP contribution in [0.5, 0.6) is 23.0 Å². The summed E-state index contributed by atoms with van der Waals surface area (Å²) in [6, 6.07) is 31.0. The van der Waals surface area contributed by atoms with Crippen LogP contribution in [-0.4, -0.2) is 71.3 Å². The smallest absolute Gasteiger partial charge is 0.467 e. The number of fused-ring (bicyclic) bond motifs is 6. The van der Waals surface area contributed by atoms with Crippen LogP contribution in [0.15, 0.2) is 109 Å². The zero-order valence-electron chi connectivity index (χ0n) is 37.3. The number of alkyl carbamates (subject to hydrolysis) is 1.